The Labute approximate surface area is 124 Å². The molecule has 1 fully saturated rings. The Morgan fingerprint density at radius 3 is 2.20 bits per heavy atom. The fourth-order valence-corrected chi connectivity index (χ4v) is 3.67. The molecule has 1 aromatic rings. The van der Waals surface area contributed by atoms with Crippen molar-refractivity contribution in [3.8, 4) is 0 Å². The average molecular weight is 274 g/mol. The molecule has 1 aliphatic carbocycles. The lowest BCUT2D eigenvalue weighted by Crippen LogP contribution is -2.41. The first-order valence-electron chi connectivity index (χ1n) is 8.01. The normalized spacial score (nSPS) is 23.8. The number of hydrogen-bond donors (Lipinski definition) is 2. The van der Waals surface area contributed by atoms with Gasteiger partial charge < -0.3 is 0 Å². The summed E-state index contributed by atoms with van der Waals surface area (Å²) in [5.41, 5.74) is 6.19. The van der Waals surface area contributed by atoms with Crippen LogP contribution in [0.1, 0.15) is 76.5 Å². The van der Waals surface area contributed by atoms with E-state index >= 15 is 0 Å². The van der Waals surface area contributed by atoms with Crippen LogP contribution in [0.3, 0.4) is 0 Å². The standard InChI is InChI=1S/C18H30N2/c1-13(2)14-8-10-15(11-9-14)17(20-19)16-7-5-6-12-18(16,3)4/h8-11,13,16-17,20H,5-7,12,19H2,1-4H3. The van der Waals surface area contributed by atoms with Crippen LogP contribution in [-0.2, 0) is 0 Å². The zero-order valence-corrected chi connectivity index (χ0v) is 13.4. The molecule has 20 heavy (non-hydrogen) atoms. The fraction of sp³-hybridized carbons (Fsp3) is 0.667. The molecule has 0 bridgehead atoms. The van der Waals surface area contributed by atoms with Crippen molar-refractivity contribution in [2.24, 2.45) is 17.2 Å². The predicted molar refractivity (Wildman–Crippen MR) is 86.3 cm³/mol. The van der Waals surface area contributed by atoms with Gasteiger partial charge in [-0.1, -0.05) is 64.8 Å². The summed E-state index contributed by atoms with van der Waals surface area (Å²) in [6.07, 6.45) is 5.26. The van der Waals surface area contributed by atoms with E-state index in [1.54, 1.807) is 0 Å². The molecule has 0 saturated heterocycles. The maximum absolute atomic E-state index is 5.90. The molecule has 2 atom stereocenters. The minimum Gasteiger partial charge on any atom is -0.271 e. The molecule has 0 spiro atoms. The van der Waals surface area contributed by atoms with Gasteiger partial charge in [-0.15, -0.1) is 0 Å². The first-order chi connectivity index (χ1) is 9.45. The van der Waals surface area contributed by atoms with E-state index in [-0.39, 0.29) is 6.04 Å². The van der Waals surface area contributed by atoms with Gasteiger partial charge in [0.1, 0.15) is 0 Å². The van der Waals surface area contributed by atoms with Crippen molar-refractivity contribution in [3.05, 3.63) is 35.4 Å². The summed E-state index contributed by atoms with van der Waals surface area (Å²) in [6, 6.07) is 9.28. The molecule has 1 aliphatic rings. The van der Waals surface area contributed by atoms with Gasteiger partial charge in [0, 0.05) is 6.04 Å². The minimum atomic E-state index is 0.270. The average Bonchev–Trinajstić information content (AvgIpc) is 2.42. The van der Waals surface area contributed by atoms with Gasteiger partial charge in [0.05, 0.1) is 0 Å². The molecule has 0 amide bonds. The maximum atomic E-state index is 5.90. The van der Waals surface area contributed by atoms with Crippen LogP contribution in [-0.4, -0.2) is 0 Å². The number of nitrogens with two attached hydrogens (primary N) is 1. The van der Waals surface area contributed by atoms with E-state index in [0.29, 0.717) is 17.3 Å². The molecule has 112 valence electrons. The number of rotatable bonds is 4. The van der Waals surface area contributed by atoms with Crippen LogP contribution >= 0.6 is 0 Å². The lowest BCUT2D eigenvalue weighted by molar-refractivity contribution is 0.0982. The Hall–Kier alpha value is -0.860. The van der Waals surface area contributed by atoms with Crippen LogP contribution in [0.25, 0.3) is 0 Å². The molecule has 1 saturated carbocycles. The van der Waals surface area contributed by atoms with E-state index < -0.39 is 0 Å². The molecule has 3 N–H and O–H groups in total. The first-order valence-corrected chi connectivity index (χ1v) is 8.01. The smallest absolute Gasteiger partial charge is 0.0493 e. The second-order valence-electron chi connectivity index (χ2n) is 7.31. The summed E-state index contributed by atoms with van der Waals surface area (Å²) < 4.78 is 0. The Bertz CT molecular complexity index is 420. The fourth-order valence-electron chi connectivity index (χ4n) is 3.67. The summed E-state index contributed by atoms with van der Waals surface area (Å²) in [5.74, 6) is 7.10. The minimum absolute atomic E-state index is 0.270. The second-order valence-corrected chi connectivity index (χ2v) is 7.31. The van der Waals surface area contributed by atoms with E-state index in [4.69, 9.17) is 5.84 Å². The molecule has 2 unspecified atom stereocenters. The van der Waals surface area contributed by atoms with E-state index in [1.807, 2.05) is 0 Å². The lowest BCUT2D eigenvalue weighted by Gasteiger charge is -2.43. The molecular weight excluding hydrogens is 244 g/mol. The van der Waals surface area contributed by atoms with Crippen LogP contribution < -0.4 is 11.3 Å². The summed E-state index contributed by atoms with van der Waals surface area (Å²) in [5, 5.41) is 0. The summed E-state index contributed by atoms with van der Waals surface area (Å²) in [4.78, 5) is 0. The van der Waals surface area contributed by atoms with Crippen molar-refractivity contribution >= 4 is 0 Å². The Balaban J connectivity index is 2.22. The van der Waals surface area contributed by atoms with Crippen molar-refractivity contribution in [2.45, 2.75) is 65.3 Å². The topological polar surface area (TPSA) is 38.0 Å². The van der Waals surface area contributed by atoms with Crippen molar-refractivity contribution < 1.29 is 0 Å². The van der Waals surface area contributed by atoms with Gasteiger partial charge in [0.15, 0.2) is 0 Å². The summed E-state index contributed by atoms with van der Waals surface area (Å²) >= 11 is 0. The highest BCUT2D eigenvalue weighted by molar-refractivity contribution is 5.27. The zero-order valence-electron chi connectivity index (χ0n) is 13.4. The third-order valence-corrected chi connectivity index (χ3v) is 5.13. The highest BCUT2D eigenvalue weighted by atomic mass is 15.2. The quantitative estimate of drug-likeness (QED) is 0.625. The summed E-state index contributed by atoms with van der Waals surface area (Å²) in [6.45, 7) is 9.25. The van der Waals surface area contributed by atoms with E-state index in [1.165, 1.54) is 36.8 Å². The van der Waals surface area contributed by atoms with Crippen LogP contribution in [0, 0.1) is 11.3 Å². The third kappa shape index (κ3) is 3.24. The third-order valence-electron chi connectivity index (χ3n) is 5.13. The number of hydrazine groups is 1. The van der Waals surface area contributed by atoms with Gasteiger partial charge in [-0.05, 0) is 41.2 Å². The molecule has 0 aromatic heterocycles. The van der Waals surface area contributed by atoms with Crippen molar-refractivity contribution in [3.63, 3.8) is 0 Å². The molecular formula is C18H30N2. The Kier molecular flexibility index (Phi) is 4.87. The van der Waals surface area contributed by atoms with E-state index in [0.717, 1.165) is 0 Å². The van der Waals surface area contributed by atoms with Gasteiger partial charge in [-0.25, -0.2) is 0 Å². The highest BCUT2D eigenvalue weighted by Gasteiger charge is 2.37. The van der Waals surface area contributed by atoms with Gasteiger partial charge in [0.25, 0.3) is 0 Å². The molecule has 0 radical (unpaired) electrons. The lowest BCUT2D eigenvalue weighted by atomic mass is 9.65. The van der Waals surface area contributed by atoms with Crippen LogP contribution in [0.15, 0.2) is 24.3 Å². The summed E-state index contributed by atoms with van der Waals surface area (Å²) in [7, 11) is 0. The van der Waals surface area contributed by atoms with Gasteiger partial charge >= 0.3 is 0 Å². The molecule has 2 rings (SSSR count). The molecule has 2 nitrogen and oxygen atoms in total. The SMILES string of the molecule is CC(C)c1ccc(C(NN)C2CCCCC2(C)C)cc1. The van der Waals surface area contributed by atoms with Gasteiger partial charge in [-0.2, -0.15) is 0 Å². The first kappa shape index (κ1) is 15.5. The Morgan fingerprint density at radius 2 is 1.70 bits per heavy atom. The monoisotopic (exact) mass is 274 g/mol. The van der Waals surface area contributed by atoms with Crippen LogP contribution in [0.5, 0.6) is 0 Å². The molecule has 1 aromatic carbocycles. The van der Waals surface area contributed by atoms with E-state index in [2.05, 4.69) is 57.4 Å². The molecule has 2 heteroatoms. The maximum Gasteiger partial charge on any atom is 0.0493 e. The second kappa shape index (κ2) is 6.28. The zero-order chi connectivity index (χ0) is 14.8. The van der Waals surface area contributed by atoms with Crippen molar-refractivity contribution in [1.82, 2.24) is 5.43 Å². The van der Waals surface area contributed by atoms with Crippen molar-refractivity contribution in [1.29, 1.82) is 0 Å². The number of nitrogens with one attached hydrogen (secondary N) is 1. The highest BCUT2D eigenvalue weighted by Crippen LogP contribution is 2.46. The van der Waals surface area contributed by atoms with Crippen LogP contribution in [0.2, 0.25) is 0 Å². The van der Waals surface area contributed by atoms with Gasteiger partial charge in [-0.3, -0.25) is 11.3 Å². The number of benzene rings is 1. The molecule has 0 heterocycles. The van der Waals surface area contributed by atoms with Crippen LogP contribution in [0.4, 0.5) is 0 Å². The predicted octanol–water partition coefficient (Wildman–Crippen LogP) is 4.53. The largest absolute Gasteiger partial charge is 0.271 e. The number of hydrogen-bond acceptors (Lipinski definition) is 2. The van der Waals surface area contributed by atoms with Gasteiger partial charge in [0.2, 0.25) is 0 Å². The van der Waals surface area contributed by atoms with Crippen molar-refractivity contribution in [2.75, 3.05) is 0 Å². The van der Waals surface area contributed by atoms with E-state index in [9.17, 15) is 0 Å². The molecule has 0 aliphatic heterocycles. The Morgan fingerprint density at radius 1 is 1.10 bits per heavy atom.